The van der Waals surface area contributed by atoms with Crippen LogP contribution in [0, 0.1) is 6.92 Å². The minimum Gasteiger partial charge on any atom is -0.481 e. The molecule has 1 fully saturated rings. The predicted octanol–water partition coefficient (Wildman–Crippen LogP) is 0.530. The van der Waals surface area contributed by atoms with E-state index in [9.17, 15) is 9.59 Å². The molecule has 0 aromatic carbocycles. The van der Waals surface area contributed by atoms with Gasteiger partial charge >= 0.3 is 5.97 Å². The second kappa shape index (κ2) is 7.74. The molecule has 0 radical (unpaired) electrons. The van der Waals surface area contributed by atoms with E-state index in [2.05, 4.69) is 4.98 Å². The van der Waals surface area contributed by atoms with E-state index in [4.69, 9.17) is 9.84 Å². The van der Waals surface area contributed by atoms with Gasteiger partial charge in [-0.25, -0.2) is 4.98 Å². The SMILES string of the molecule is Cc1cccnc1N(CCC(=O)O)CC(=O)N1CCOCC1. The summed E-state index contributed by atoms with van der Waals surface area (Å²) >= 11 is 0. The topological polar surface area (TPSA) is 83.0 Å². The van der Waals surface area contributed by atoms with Crippen LogP contribution in [0.1, 0.15) is 12.0 Å². The number of aryl methyl sites for hydroxylation is 1. The van der Waals surface area contributed by atoms with Crippen LogP contribution in [0.3, 0.4) is 0 Å². The molecule has 22 heavy (non-hydrogen) atoms. The van der Waals surface area contributed by atoms with E-state index in [0.717, 1.165) is 5.56 Å². The summed E-state index contributed by atoms with van der Waals surface area (Å²) in [5, 5.41) is 8.90. The lowest BCUT2D eigenvalue weighted by atomic mass is 10.2. The molecule has 0 spiro atoms. The maximum atomic E-state index is 12.4. The minimum absolute atomic E-state index is 0.0289. The number of carbonyl (C=O) groups excluding carboxylic acids is 1. The van der Waals surface area contributed by atoms with E-state index >= 15 is 0 Å². The average Bonchev–Trinajstić information content (AvgIpc) is 2.52. The zero-order valence-corrected chi connectivity index (χ0v) is 12.7. The fourth-order valence-corrected chi connectivity index (χ4v) is 2.37. The number of aliphatic carboxylic acids is 1. The number of hydrogen-bond donors (Lipinski definition) is 1. The summed E-state index contributed by atoms with van der Waals surface area (Å²) in [5.41, 5.74) is 0.919. The number of nitrogens with zero attached hydrogens (tertiary/aromatic N) is 3. The van der Waals surface area contributed by atoms with Crippen molar-refractivity contribution in [2.45, 2.75) is 13.3 Å². The van der Waals surface area contributed by atoms with Gasteiger partial charge in [-0.05, 0) is 18.6 Å². The van der Waals surface area contributed by atoms with Gasteiger partial charge in [-0.2, -0.15) is 0 Å². The molecule has 1 aromatic rings. The van der Waals surface area contributed by atoms with Gasteiger partial charge in [0.15, 0.2) is 0 Å². The minimum atomic E-state index is -0.891. The number of pyridine rings is 1. The predicted molar refractivity (Wildman–Crippen MR) is 80.8 cm³/mol. The van der Waals surface area contributed by atoms with Gasteiger partial charge in [0.25, 0.3) is 0 Å². The number of ether oxygens (including phenoxy) is 1. The fraction of sp³-hybridized carbons (Fsp3) is 0.533. The standard InChI is InChI=1S/C15H21N3O4/c1-12-3-2-5-16-15(12)18(6-4-14(20)21)11-13(19)17-7-9-22-10-8-17/h2-3,5H,4,6-11H2,1H3,(H,20,21). The highest BCUT2D eigenvalue weighted by atomic mass is 16.5. The molecule has 0 aliphatic carbocycles. The lowest BCUT2D eigenvalue weighted by molar-refractivity contribution is -0.137. The first-order chi connectivity index (χ1) is 10.6. The summed E-state index contributed by atoms with van der Waals surface area (Å²) in [7, 11) is 0. The van der Waals surface area contributed by atoms with Gasteiger partial charge in [-0.1, -0.05) is 6.07 Å². The van der Waals surface area contributed by atoms with Gasteiger partial charge in [0.1, 0.15) is 5.82 Å². The maximum absolute atomic E-state index is 12.4. The van der Waals surface area contributed by atoms with Crippen LogP contribution >= 0.6 is 0 Å². The van der Waals surface area contributed by atoms with Crippen LogP contribution in [0.2, 0.25) is 0 Å². The van der Waals surface area contributed by atoms with Gasteiger partial charge in [0.05, 0.1) is 26.2 Å². The Bertz CT molecular complexity index is 529. The molecule has 1 saturated heterocycles. The Morgan fingerprint density at radius 2 is 2.14 bits per heavy atom. The molecule has 0 atom stereocenters. The van der Waals surface area contributed by atoms with Crippen LogP contribution in [0.4, 0.5) is 5.82 Å². The summed E-state index contributed by atoms with van der Waals surface area (Å²) in [6.45, 7) is 4.52. The molecule has 7 heteroatoms. The first-order valence-electron chi connectivity index (χ1n) is 7.32. The number of aromatic nitrogens is 1. The number of hydrogen-bond acceptors (Lipinski definition) is 5. The van der Waals surface area contributed by atoms with E-state index < -0.39 is 5.97 Å². The molecule has 1 aromatic heterocycles. The zero-order valence-electron chi connectivity index (χ0n) is 12.7. The van der Waals surface area contributed by atoms with Crippen molar-refractivity contribution in [3.05, 3.63) is 23.9 Å². The van der Waals surface area contributed by atoms with Gasteiger partial charge in [-0.3, -0.25) is 9.59 Å². The normalized spacial score (nSPS) is 14.7. The van der Waals surface area contributed by atoms with Crippen molar-refractivity contribution in [1.82, 2.24) is 9.88 Å². The number of amides is 1. The Hall–Kier alpha value is -2.15. The van der Waals surface area contributed by atoms with Crippen molar-refractivity contribution in [2.24, 2.45) is 0 Å². The van der Waals surface area contributed by atoms with Gasteiger partial charge < -0.3 is 19.6 Å². The van der Waals surface area contributed by atoms with Gasteiger partial charge in [0.2, 0.25) is 5.91 Å². The summed E-state index contributed by atoms with van der Waals surface area (Å²) in [4.78, 5) is 31.0. The Labute approximate surface area is 129 Å². The van der Waals surface area contributed by atoms with Crippen molar-refractivity contribution in [2.75, 3.05) is 44.3 Å². The molecule has 120 valence electrons. The van der Waals surface area contributed by atoms with Crippen molar-refractivity contribution in [3.8, 4) is 0 Å². The third-order valence-electron chi connectivity index (χ3n) is 3.57. The molecule has 1 N–H and O–H groups in total. The summed E-state index contributed by atoms with van der Waals surface area (Å²) < 4.78 is 5.24. The largest absolute Gasteiger partial charge is 0.481 e. The molecule has 1 amide bonds. The number of carbonyl (C=O) groups is 2. The van der Waals surface area contributed by atoms with E-state index in [1.807, 2.05) is 19.1 Å². The lowest BCUT2D eigenvalue weighted by Gasteiger charge is -2.30. The third-order valence-corrected chi connectivity index (χ3v) is 3.57. The number of carboxylic acid groups (broad SMARTS) is 1. The Morgan fingerprint density at radius 3 is 2.77 bits per heavy atom. The second-order valence-electron chi connectivity index (χ2n) is 5.20. The van der Waals surface area contributed by atoms with Crippen LogP contribution in [0.25, 0.3) is 0 Å². The third kappa shape index (κ3) is 4.42. The summed E-state index contributed by atoms with van der Waals surface area (Å²) in [5.74, 6) is -0.262. The molecule has 2 heterocycles. The molecule has 7 nitrogen and oxygen atoms in total. The van der Waals surface area contributed by atoms with E-state index in [-0.39, 0.29) is 25.4 Å². The van der Waals surface area contributed by atoms with Crippen molar-refractivity contribution in [1.29, 1.82) is 0 Å². The maximum Gasteiger partial charge on any atom is 0.305 e. The average molecular weight is 307 g/mol. The molecule has 0 unspecified atom stereocenters. The molecule has 1 aliphatic rings. The lowest BCUT2D eigenvalue weighted by Crippen LogP contribution is -2.46. The van der Waals surface area contributed by atoms with E-state index in [1.54, 1.807) is 16.0 Å². The molecule has 1 aliphatic heterocycles. The van der Waals surface area contributed by atoms with Crippen LogP contribution in [0.15, 0.2) is 18.3 Å². The first kappa shape index (κ1) is 16.2. The molecular formula is C15H21N3O4. The smallest absolute Gasteiger partial charge is 0.305 e. The first-order valence-corrected chi connectivity index (χ1v) is 7.32. The Morgan fingerprint density at radius 1 is 1.41 bits per heavy atom. The van der Waals surface area contributed by atoms with Crippen molar-refractivity contribution in [3.63, 3.8) is 0 Å². The van der Waals surface area contributed by atoms with Crippen LogP contribution in [-0.2, 0) is 14.3 Å². The van der Waals surface area contributed by atoms with Crippen molar-refractivity contribution >= 4 is 17.7 Å². The highest BCUT2D eigenvalue weighted by Crippen LogP contribution is 2.16. The van der Waals surface area contributed by atoms with E-state index in [1.165, 1.54) is 0 Å². The summed E-state index contributed by atoms with van der Waals surface area (Å²) in [6.07, 6.45) is 1.61. The van der Waals surface area contributed by atoms with Gasteiger partial charge in [-0.15, -0.1) is 0 Å². The molecular weight excluding hydrogens is 286 g/mol. The van der Waals surface area contributed by atoms with Crippen molar-refractivity contribution < 1.29 is 19.4 Å². The molecule has 2 rings (SSSR count). The number of rotatable bonds is 6. The van der Waals surface area contributed by atoms with Crippen LogP contribution in [-0.4, -0.2) is 66.3 Å². The fourth-order valence-electron chi connectivity index (χ4n) is 2.37. The highest BCUT2D eigenvalue weighted by molar-refractivity contribution is 5.81. The quantitative estimate of drug-likeness (QED) is 0.825. The Balaban J connectivity index is 2.08. The number of morpholine rings is 1. The zero-order chi connectivity index (χ0) is 15.9. The monoisotopic (exact) mass is 307 g/mol. The number of anilines is 1. The Kier molecular flexibility index (Phi) is 5.71. The molecule has 0 bridgehead atoms. The van der Waals surface area contributed by atoms with Crippen LogP contribution in [0.5, 0.6) is 0 Å². The van der Waals surface area contributed by atoms with Crippen LogP contribution < -0.4 is 4.90 Å². The van der Waals surface area contributed by atoms with Gasteiger partial charge in [0, 0.05) is 25.8 Å². The summed E-state index contributed by atoms with van der Waals surface area (Å²) in [6, 6.07) is 3.72. The van der Waals surface area contributed by atoms with E-state index in [0.29, 0.717) is 32.1 Å². The number of carboxylic acids is 1. The molecule has 0 saturated carbocycles. The second-order valence-corrected chi connectivity index (χ2v) is 5.20. The highest BCUT2D eigenvalue weighted by Gasteiger charge is 2.21.